The number of benzene rings is 2. The number of aromatic nitrogens is 4. The maximum absolute atomic E-state index is 13.3. The van der Waals surface area contributed by atoms with Crippen LogP contribution in [0, 0.1) is 24.7 Å². The highest BCUT2D eigenvalue weighted by Gasteiger charge is 2.47. The lowest BCUT2D eigenvalue weighted by Gasteiger charge is -2.53. The molecule has 2 bridgehead atoms. The van der Waals surface area contributed by atoms with E-state index in [4.69, 9.17) is 9.26 Å². The number of phenolic OH excluding ortho intramolecular Hbond substituents is 1. The zero-order valence-corrected chi connectivity index (χ0v) is 35.3. The quantitative estimate of drug-likeness (QED) is 0.109. The van der Waals surface area contributed by atoms with Crippen molar-refractivity contribution in [1.29, 1.82) is 0 Å². The molecule has 4 atom stereocenters. The third-order valence-electron chi connectivity index (χ3n) is 11.6. The lowest BCUT2D eigenvalue weighted by atomic mass is 9.61. The number of aldehydes is 1. The summed E-state index contributed by atoms with van der Waals surface area (Å²) < 4.78 is 11.5. The van der Waals surface area contributed by atoms with Crippen molar-refractivity contribution in [3.63, 3.8) is 0 Å². The Balaban J connectivity index is 0.000000271. The van der Waals surface area contributed by atoms with Gasteiger partial charge in [-0.25, -0.2) is 4.98 Å². The number of nitrogens with one attached hydrogen (secondary N) is 1. The fourth-order valence-corrected chi connectivity index (χ4v) is 10.7. The van der Waals surface area contributed by atoms with Crippen LogP contribution in [0.5, 0.6) is 11.6 Å². The summed E-state index contributed by atoms with van der Waals surface area (Å²) >= 11 is 3.43. The lowest BCUT2D eigenvalue weighted by Crippen LogP contribution is -2.54. The second kappa shape index (κ2) is 17.9. The third kappa shape index (κ3) is 8.72. The molecule has 1 amide bonds. The number of phenols is 1. The number of thiazole rings is 1. The summed E-state index contributed by atoms with van der Waals surface area (Å²) in [6.45, 7) is 10.2. The highest BCUT2D eigenvalue weighted by molar-refractivity contribution is 7.18. The standard InChI is InChI=1S/C33H35N5O5S.C12H14N2S/c1-19(2)30(33(41)38-9-5-6-23(38)18-39)27-15-29(36-43-27)42-11-10-37-16-21-12-22(17-37)31(21)28-14-20-13-25(34-35-32(20)44-28)24-7-3-4-8-26(24)40;1-9-12(15-8-14-9)11-5-3-10(4-6-11)7-13-2/h3-5,7-9,13-15,18-19,21-23,30-31,40H,6,10-12,16-17H2,1-2H3;3-6,8,13H,7H2,1-2H3. The zero-order chi connectivity index (χ0) is 41.0. The van der Waals surface area contributed by atoms with Crippen molar-refractivity contribution in [3.8, 4) is 33.3 Å². The second-order valence-corrected chi connectivity index (χ2v) is 17.8. The van der Waals surface area contributed by atoms with Crippen LogP contribution in [-0.4, -0.2) is 86.8 Å². The number of para-hydroxylation sites is 1. The SMILES string of the molecule is CC(C)C(C(=O)N1C=CCC1C=O)c1cc(OCCN2CC3CC(C2)C3c2cc3cc(-c4ccccc4O)nnc3s2)no1.CNCc1ccc(-c2scnc2C)cc1. The van der Waals surface area contributed by atoms with Gasteiger partial charge in [-0.3, -0.25) is 9.69 Å². The Kier molecular flexibility index (Phi) is 12.3. The molecule has 59 heavy (non-hydrogen) atoms. The average Bonchev–Trinajstić information content (AvgIpc) is 4.06. The normalized spacial score (nSPS) is 20.3. The van der Waals surface area contributed by atoms with Crippen LogP contribution >= 0.6 is 22.7 Å². The number of amides is 1. The Hall–Kier alpha value is -5.28. The van der Waals surface area contributed by atoms with E-state index in [0.717, 1.165) is 48.4 Å². The van der Waals surface area contributed by atoms with Crippen LogP contribution in [0.1, 0.15) is 60.4 Å². The zero-order valence-electron chi connectivity index (χ0n) is 33.7. The maximum Gasteiger partial charge on any atom is 0.254 e. The predicted molar refractivity (Wildman–Crippen MR) is 230 cm³/mol. The molecule has 306 valence electrons. The minimum absolute atomic E-state index is 0.0371. The minimum atomic E-state index is -0.548. The van der Waals surface area contributed by atoms with Crippen molar-refractivity contribution in [3.05, 3.63) is 106 Å². The molecule has 2 saturated heterocycles. The van der Waals surface area contributed by atoms with E-state index in [9.17, 15) is 14.7 Å². The molecule has 1 aliphatic carbocycles. The molecule has 4 unspecified atom stereocenters. The Labute approximate surface area is 351 Å². The summed E-state index contributed by atoms with van der Waals surface area (Å²) in [5.74, 6) is 2.00. The molecule has 0 spiro atoms. The highest BCUT2D eigenvalue weighted by atomic mass is 32.1. The number of rotatable bonds is 13. The van der Waals surface area contributed by atoms with Crippen LogP contribution in [0.4, 0.5) is 0 Å². The molecule has 7 heterocycles. The van der Waals surface area contributed by atoms with Crippen LogP contribution in [-0.2, 0) is 16.1 Å². The minimum Gasteiger partial charge on any atom is -0.507 e. The van der Waals surface area contributed by atoms with E-state index in [2.05, 4.69) is 60.9 Å². The van der Waals surface area contributed by atoms with E-state index in [1.165, 1.54) is 32.2 Å². The van der Waals surface area contributed by atoms with E-state index in [0.29, 0.717) is 53.7 Å². The van der Waals surface area contributed by atoms with Gasteiger partial charge in [0.2, 0.25) is 5.91 Å². The van der Waals surface area contributed by atoms with Crippen LogP contribution in [0.15, 0.2) is 89.0 Å². The third-order valence-corrected chi connectivity index (χ3v) is 13.7. The monoisotopic (exact) mass is 831 g/mol. The van der Waals surface area contributed by atoms with Gasteiger partial charge in [0.1, 0.15) is 29.4 Å². The molecule has 6 aromatic rings. The molecule has 3 aliphatic heterocycles. The van der Waals surface area contributed by atoms with Crippen molar-refractivity contribution < 1.29 is 24.0 Å². The number of piperidine rings is 2. The molecule has 12 nitrogen and oxygen atoms in total. The van der Waals surface area contributed by atoms with Crippen LogP contribution in [0.25, 0.3) is 31.9 Å². The van der Waals surface area contributed by atoms with Gasteiger partial charge in [-0.2, -0.15) is 0 Å². The summed E-state index contributed by atoms with van der Waals surface area (Å²) in [5.41, 5.74) is 6.95. The largest absolute Gasteiger partial charge is 0.507 e. The van der Waals surface area contributed by atoms with Gasteiger partial charge in [0.25, 0.3) is 5.88 Å². The Bertz CT molecular complexity index is 2410. The topological polar surface area (TPSA) is 147 Å². The van der Waals surface area contributed by atoms with Gasteiger partial charge < -0.3 is 29.4 Å². The first-order valence-corrected chi connectivity index (χ1v) is 21.9. The van der Waals surface area contributed by atoms with Crippen molar-refractivity contribution in [1.82, 2.24) is 35.5 Å². The molecule has 2 N–H and O–H groups in total. The van der Waals surface area contributed by atoms with E-state index < -0.39 is 12.0 Å². The number of hydrogen-bond acceptors (Lipinski definition) is 13. The molecule has 3 fully saturated rings. The fraction of sp³-hybridized carbons (Fsp3) is 0.378. The molecular formula is C45H49N7O5S2. The van der Waals surface area contributed by atoms with Gasteiger partial charge in [-0.05, 0) is 85.1 Å². The van der Waals surface area contributed by atoms with Gasteiger partial charge in [-0.15, -0.1) is 32.9 Å². The molecule has 14 heteroatoms. The Morgan fingerprint density at radius 1 is 1.08 bits per heavy atom. The summed E-state index contributed by atoms with van der Waals surface area (Å²) in [7, 11) is 1.96. The van der Waals surface area contributed by atoms with Crippen molar-refractivity contribution in [2.75, 3.05) is 33.3 Å². The smallest absolute Gasteiger partial charge is 0.254 e. The van der Waals surface area contributed by atoms with Gasteiger partial charge in [0.05, 0.1) is 27.8 Å². The van der Waals surface area contributed by atoms with Crippen LogP contribution in [0.3, 0.4) is 0 Å². The van der Waals surface area contributed by atoms with E-state index >= 15 is 0 Å². The summed E-state index contributed by atoms with van der Waals surface area (Å²) in [6.07, 6.45) is 6.09. The summed E-state index contributed by atoms with van der Waals surface area (Å²) in [6, 6.07) is 21.4. The van der Waals surface area contributed by atoms with Crippen LogP contribution in [0.2, 0.25) is 0 Å². The van der Waals surface area contributed by atoms with Gasteiger partial charge >= 0.3 is 0 Å². The molecule has 10 rings (SSSR count). The van der Waals surface area contributed by atoms with Crippen LogP contribution < -0.4 is 10.1 Å². The summed E-state index contributed by atoms with van der Waals surface area (Å²) in [5, 5.41) is 27.4. The predicted octanol–water partition coefficient (Wildman–Crippen LogP) is 8.06. The van der Waals surface area contributed by atoms with Gasteiger partial charge in [0, 0.05) is 60.2 Å². The molecular weight excluding hydrogens is 783 g/mol. The first-order chi connectivity index (χ1) is 28.7. The highest BCUT2D eigenvalue weighted by Crippen LogP contribution is 2.53. The average molecular weight is 832 g/mol. The van der Waals surface area contributed by atoms with Crippen molar-refractivity contribution in [2.45, 2.75) is 58.0 Å². The van der Waals surface area contributed by atoms with Gasteiger partial charge in [0.15, 0.2) is 5.76 Å². The molecule has 4 aliphatic rings. The first kappa shape index (κ1) is 40.5. The number of aromatic hydroxyl groups is 1. The number of hydrogen-bond donors (Lipinski definition) is 2. The maximum atomic E-state index is 13.3. The number of carbonyl (C=O) groups excluding carboxylic acids is 2. The molecule has 1 saturated carbocycles. The Morgan fingerprint density at radius 3 is 2.59 bits per heavy atom. The first-order valence-electron chi connectivity index (χ1n) is 20.2. The second-order valence-electron chi connectivity index (χ2n) is 15.9. The number of nitrogens with zero attached hydrogens (tertiary/aromatic N) is 6. The number of ether oxygens (including phenoxy) is 1. The van der Waals surface area contributed by atoms with Crippen molar-refractivity contribution >= 4 is 45.1 Å². The van der Waals surface area contributed by atoms with Crippen molar-refractivity contribution in [2.24, 2.45) is 17.8 Å². The fourth-order valence-electron chi connectivity index (χ4n) is 8.61. The molecule has 0 radical (unpaired) electrons. The summed E-state index contributed by atoms with van der Waals surface area (Å²) in [4.78, 5) is 36.5. The Morgan fingerprint density at radius 2 is 1.88 bits per heavy atom. The number of fused-ring (bicyclic) bond motifs is 3. The number of aryl methyl sites for hydroxylation is 1. The van der Waals surface area contributed by atoms with Gasteiger partial charge in [-0.1, -0.05) is 56.3 Å². The van der Waals surface area contributed by atoms with E-state index in [1.807, 2.05) is 57.6 Å². The molecule has 4 aromatic heterocycles. The number of carbonyl (C=O) groups is 2. The van der Waals surface area contributed by atoms with E-state index in [-0.39, 0.29) is 17.6 Å². The molecule has 2 aromatic carbocycles. The number of thiophene rings is 1. The lowest BCUT2D eigenvalue weighted by molar-refractivity contribution is -0.135. The van der Waals surface area contributed by atoms with E-state index in [1.54, 1.807) is 47.1 Å².